The summed E-state index contributed by atoms with van der Waals surface area (Å²) in [7, 11) is 0. The van der Waals surface area contributed by atoms with Crippen molar-refractivity contribution in [1.29, 1.82) is 0 Å². The zero-order chi connectivity index (χ0) is 14.6. The molecule has 1 fully saturated rings. The van der Waals surface area contributed by atoms with Crippen LogP contribution in [0, 0.1) is 0 Å². The van der Waals surface area contributed by atoms with E-state index >= 15 is 0 Å². The van der Waals surface area contributed by atoms with Crippen LogP contribution in [0.3, 0.4) is 0 Å². The number of carboxylic acid groups (broad SMARTS) is 1. The zero-order valence-electron chi connectivity index (χ0n) is 12.1. The summed E-state index contributed by atoms with van der Waals surface area (Å²) >= 11 is 1.89. The van der Waals surface area contributed by atoms with Gasteiger partial charge in [-0.15, -0.1) is 0 Å². The minimum Gasteiger partial charge on any atom is -0.481 e. The molecule has 1 heterocycles. The second-order valence-electron chi connectivity index (χ2n) is 5.38. The maximum Gasteiger partial charge on any atom is 0.320 e. The second kappa shape index (κ2) is 7.03. The van der Waals surface area contributed by atoms with Crippen LogP contribution < -0.4 is 0 Å². The fraction of sp³-hybridized carbons (Fsp3) is 0.846. The monoisotopic (exact) mass is 288 g/mol. The van der Waals surface area contributed by atoms with Crippen molar-refractivity contribution < 1.29 is 14.7 Å². The summed E-state index contributed by atoms with van der Waals surface area (Å²) in [5.41, 5.74) is 0. The molecule has 1 aliphatic heterocycles. The summed E-state index contributed by atoms with van der Waals surface area (Å²) in [5.74, 6) is -0.866. The zero-order valence-corrected chi connectivity index (χ0v) is 12.9. The first-order chi connectivity index (χ1) is 8.81. The molecule has 0 radical (unpaired) electrons. The smallest absolute Gasteiger partial charge is 0.320 e. The number of urea groups is 1. The second-order valence-corrected chi connectivity index (χ2v) is 7.26. The van der Waals surface area contributed by atoms with E-state index in [1.807, 2.05) is 30.5 Å². The molecule has 2 amide bonds. The molecule has 1 saturated heterocycles. The van der Waals surface area contributed by atoms with Crippen molar-refractivity contribution in [1.82, 2.24) is 9.80 Å². The van der Waals surface area contributed by atoms with Gasteiger partial charge in [0.15, 0.2) is 0 Å². The van der Waals surface area contributed by atoms with Crippen molar-refractivity contribution in [2.75, 3.05) is 19.6 Å². The molecule has 2 unspecified atom stereocenters. The van der Waals surface area contributed by atoms with E-state index < -0.39 is 5.97 Å². The molecule has 0 bridgehead atoms. The predicted molar refractivity (Wildman–Crippen MR) is 77.6 cm³/mol. The number of carbonyl (C=O) groups excluding carboxylic acids is 1. The summed E-state index contributed by atoms with van der Waals surface area (Å²) < 4.78 is 0. The Morgan fingerprint density at radius 3 is 2.26 bits per heavy atom. The summed E-state index contributed by atoms with van der Waals surface area (Å²) in [6, 6.07) is -0.0118. The lowest BCUT2D eigenvalue weighted by Crippen LogP contribution is -2.52. The molecule has 0 spiro atoms. The molecule has 0 aromatic heterocycles. The first-order valence-corrected chi connectivity index (χ1v) is 7.68. The average Bonchev–Trinajstić information content (AvgIpc) is 2.26. The van der Waals surface area contributed by atoms with Gasteiger partial charge in [-0.3, -0.25) is 4.79 Å². The van der Waals surface area contributed by atoms with E-state index in [2.05, 4.69) is 13.8 Å². The molecule has 110 valence electrons. The maximum absolute atomic E-state index is 12.5. The van der Waals surface area contributed by atoms with Crippen LogP contribution in [0.25, 0.3) is 0 Å². The Hall–Kier alpha value is -0.910. The minimum absolute atomic E-state index is 0.00236. The topological polar surface area (TPSA) is 60.9 Å². The van der Waals surface area contributed by atoms with Crippen molar-refractivity contribution in [3.05, 3.63) is 0 Å². The molecule has 0 aromatic rings. The van der Waals surface area contributed by atoms with Gasteiger partial charge in [0.2, 0.25) is 0 Å². The van der Waals surface area contributed by atoms with Crippen molar-refractivity contribution in [3.8, 4) is 0 Å². The molecule has 1 aliphatic rings. The van der Waals surface area contributed by atoms with Crippen molar-refractivity contribution in [2.24, 2.45) is 0 Å². The van der Waals surface area contributed by atoms with Crippen molar-refractivity contribution >= 4 is 23.8 Å². The van der Waals surface area contributed by atoms with Gasteiger partial charge >= 0.3 is 12.0 Å². The third kappa shape index (κ3) is 4.93. The number of rotatable bonds is 4. The average molecular weight is 288 g/mol. The Kier molecular flexibility index (Phi) is 5.97. The van der Waals surface area contributed by atoms with E-state index in [4.69, 9.17) is 5.11 Å². The first-order valence-electron chi connectivity index (χ1n) is 6.74. The van der Waals surface area contributed by atoms with Gasteiger partial charge in [-0.1, -0.05) is 13.8 Å². The minimum atomic E-state index is -0.866. The van der Waals surface area contributed by atoms with Gasteiger partial charge in [-0.05, 0) is 13.8 Å². The standard InChI is InChI=1S/C13H24N2O3S/c1-9(2)15(6-5-12(16)17)13(18)14-7-10(3)19-11(4)8-14/h9-11H,5-8H2,1-4H3,(H,16,17). The van der Waals surface area contributed by atoms with E-state index in [0.29, 0.717) is 10.5 Å². The molecule has 19 heavy (non-hydrogen) atoms. The van der Waals surface area contributed by atoms with Crippen molar-refractivity contribution in [2.45, 2.75) is 50.7 Å². The lowest BCUT2D eigenvalue weighted by molar-refractivity contribution is -0.137. The van der Waals surface area contributed by atoms with Crippen molar-refractivity contribution in [3.63, 3.8) is 0 Å². The van der Waals surface area contributed by atoms with E-state index in [-0.39, 0.29) is 25.0 Å². The van der Waals surface area contributed by atoms with Crippen LogP contribution in [0.4, 0.5) is 4.79 Å². The number of carboxylic acids is 1. The Morgan fingerprint density at radius 2 is 1.84 bits per heavy atom. The highest BCUT2D eigenvalue weighted by Crippen LogP contribution is 2.25. The SMILES string of the molecule is CC1CN(C(=O)N(CCC(=O)O)C(C)C)CC(C)S1. The molecule has 1 N–H and O–H groups in total. The maximum atomic E-state index is 12.5. The molecular formula is C13H24N2O3S. The molecule has 0 aliphatic carbocycles. The highest BCUT2D eigenvalue weighted by atomic mass is 32.2. The third-order valence-corrected chi connectivity index (χ3v) is 4.35. The van der Waals surface area contributed by atoms with Crippen LogP contribution in [-0.2, 0) is 4.79 Å². The van der Waals surface area contributed by atoms with Gasteiger partial charge in [0, 0.05) is 36.2 Å². The van der Waals surface area contributed by atoms with E-state index in [1.54, 1.807) is 4.90 Å². The number of hydrogen-bond donors (Lipinski definition) is 1. The Labute approximate surface area is 119 Å². The molecule has 1 rings (SSSR count). The Morgan fingerprint density at radius 1 is 1.32 bits per heavy atom. The number of aliphatic carboxylic acids is 1. The highest BCUT2D eigenvalue weighted by molar-refractivity contribution is 8.00. The number of carbonyl (C=O) groups is 2. The van der Waals surface area contributed by atoms with Crippen LogP contribution in [-0.4, -0.2) is 63.1 Å². The van der Waals surface area contributed by atoms with Gasteiger partial charge in [-0.2, -0.15) is 11.8 Å². The number of thioether (sulfide) groups is 1. The van der Waals surface area contributed by atoms with Gasteiger partial charge < -0.3 is 14.9 Å². The first kappa shape index (κ1) is 16.1. The third-order valence-electron chi connectivity index (χ3n) is 3.13. The molecular weight excluding hydrogens is 264 g/mol. The molecule has 6 heteroatoms. The molecule has 2 atom stereocenters. The predicted octanol–water partition coefficient (Wildman–Crippen LogP) is 2.12. The van der Waals surface area contributed by atoms with E-state index in [9.17, 15) is 9.59 Å². The normalized spacial score (nSPS) is 23.5. The fourth-order valence-corrected chi connectivity index (χ4v) is 3.63. The summed E-state index contributed by atoms with van der Waals surface area (Å²) in [6.07, 6.45) is -0.00236. The van der Waals surface area contributed by atoms with Gasteiger partial charge in [-0.25, -0.2) is 4.79 Å². The number of nitrogens with zero attached hydrogens (tertiary/aromatic N) is 2. The largest absolute Gasteiger partial charge is 0.481 e. The number of amides is 2. The summed E-state index contributed by atoms with van der Waals surface area (Å²) in [6.45, 7) is 9.85. The van der Waals surface area contributed by atoms with Crippen LogP contribution >= 0.6 is 11.8 Å². The lowest BCUT2D eigenvalue weighted by atomic mass is 10.2. The van der Waals surface area contributed by atoms with Gasteiger partial charge in [0.1, 0.15) is 0 Å². The van der Waals surface area contributed by atoms with E-state index in [0.717, 1.165) is 13.1 Å². The van der Waals surface area contributed by atoms with Crippen LogP contribution in [0.1, 0.15) is 34.1 Å². The molecule has 0 saturated carbocycles. The Balaban J connectivity index is 2.67. The van der Waals surface area contributed by atoms with Gasteiger partial charge in [0.05, 0.1) is 6.42 Å². The summed E-state index contributed by atoms with van der Waals surface area (Å²) in [5, 5.41) is 9.63. The van der Waals surface area contributed by atoms with Crippen LogP contribution in [0.15, 0.2) is 0 Å². The molecule has 5 nitrogen and oxygen atoms in total. The fourth-order valence-electron chi connectivity index (χ4n) is 2.31. The van der Waals surface area contributed by atoms with Gasteiger partial charge in [0.25, 0.3) is 0 Å². The quantitative estimate of drug-likeness (QED) is 0.861. The van der Waals surface area contributed by atoms with Crippen LogP contribution in [0.2, 0.25) is 0 Å². The van der Waals surface area contributed by atoms with E-state index in [1.165, 1.54) is 0 Å². The molecule has 0 aromatic carbocycles. The Bertz CT molecular complexity index is 326. The summed E-state index contributed by atoms with van der Waals surface area (Å²) in [4.78, 5) is 26.7. The van der Waals surface area contributed by atoms with Crippen LogP contribution in [0.5, 0.6) is 0 Å². The lowest BCUT2D eigenvalue weighted by Gasteiger charge is -2.39. The number of hydrogen-bond acceptors (Lipinski definition) is 3. The highest BCUT2D eigenvalue weighted by Gasteiger charge is 2.30.